The van der Waals surface area contributed by atoms with Crippen LogP contribution in [0.2, 0.25) is 0 Å². The largest absolute Gasteiger partial charge is 0.451 e. The first-order valence-corrected chi connectivity index (χ1v) is 14.8. The maximum atomic E-state index is 15.8. The zero-order valence-corrected chi connectivity index (χ0v) is 24.3. The summed E-state index contributed by atoms with van der Waals surface area (Å²) < 4.78 is 24.0. The molecule has 1 saturated heterocycles. The molecule has 1 atom stereocenters. The molecule has 218 valence electrons. The van der Waals surface area contributed by atoms with Crippen LogP contribution in [0.25, 0.3) is 27.4 Å². The number of nitrogens with zero attached hydrogens (tertiary/aromatic N) is 3. The molecule has 0 saturated carbocycles. The second-order valence-electron chi connectivity index (χ2n) is 11.1. The first-order valence-electron chi connectivity index (χ1n) is 14.8. The van der Waals surface area contributed by atoms with Crippen LogP contribution in [0.3, 0.4) is 0 Å². The SMILES string of the molecule is CCCN=C(CC)Nc1c(F)cc2c(=O)c(C(=O)NCCC3CCCN3C)cn3c2c1Oc1cc2ccccc2cc1-3. The maximum Gasteiger partial charge on any atom is 0.256 e. The number of anilines is 1. The van der Waals surface area contributed by atoms with Crippen molar-refractivity contribution in [3.63, 3.8) is 0 Å². The van der Waals surface area contributed by atoms with Crippen molar-refractivity contribution in [2.45, 2.75) is 52.0 Å². The van der Waals surface area contributed by atoms with Crippen molar-refractivity contribution in [2.24, 2.45) is 4.99 Å². The second-order valence-corrected chi connectivity index (χ2v) is 11.1. The number of carbonyl (C=O) groups excluding carboxylic acids is 1. The first kappa shape index (κ1) is 27.9. The van der Waals surface area contributed by atoms with Gasteiger partial charge in [0, 0.05) is 31.7 Å². The van der Waals surface area contributed by atoms with Crippen LogP contribution in [0, 0.1) is 5.82 Å². The number of rotatable bonds is 8. The molecule has 2 aliphatic heterocycles. The number of halogens is 1. The molecule has 3 aromatic carbocycles. The van der Waals surface area contributed by atoms with Gasteiger partial charge in [-0.2, -0.15) is 0 Å². The van der Waals surface area contributed by atoms with Crippen LogP contribution in [0.4, 0.5) is 10.1 Å². The summed E-state index contributed by atoms with van der Waals surface area (Å²) in [6.07, 6.45) is 6.04. The van der Waals surface area contributed by atoms with E-state index in [1.165, 1.54) is 6.07 Å². The number of hydrogen-bond acceptors (Lipinski definition) is 5. The number of benzene rings is 3. The van der Waals surface area contributed by atoms with Crippen LogP contribution in [0.1, 0.15) is 56.3 Å². The third-order valence-corrected chi connectivity index (χ3v) is 8.30. The van der Waals surface area contributed by atoms with Crippen LogP contribution < -0.4 is 20.8 Å². The van der Waals surface area contributed by atoms with Crippen LogP contribution >= 0.6 is 0 Å². The molecular formula is C33H36FN5O3. The summed E-state index contributed by atoms with van der Waals surface area (Å²) in [5, 5.41) is 8.09. The smallest absolute Gasteiger partial charge is 0.256 e. The minimum Gasteiger partial charge on any atom is -0.451 e. The highest BCUT2D eigenvalue weighted by atomic mass is 19.1. The van der Waals surface area contributed by atoms with Gasteiger partial charge in [0.15, 0.2) is 17.3 Å². The summed E-state index contributed by atoms with van der Waals surface area (Å²) in [5.41, 5.74) is 0.617. The highest BCUT2D eigenvalue weighted by Crippen LogP contribution is 2.46. The van der Waals surface area contributed by atoms with Crippen molar-refractivity contribution in [3.05, 3.63) is 70.3 Å². The highest BCUT2D eigenvalue weighted by molar-refractivity contribution is 6.05. The van der Waals surface area contributed by atoms with Gasteiger partial charge in [-0.05, 0) is 68.2 Å². The number of likely N-dealkylation sites (tertiary alicyclic amines) is 1. The van der Waals surface area contributed by atoms with Crippen LogP contribution in [0.5, 0.6) is 11.5 Å². The Balaban J connectivity index is 1.49. The lowest BCUT2D eigenvalue weighted by Crippen LogP contribution is -2.34. The molecule has 9 heteroatoms. The van der Waals surface area contributed by atoms with Crippen molar-refractivity contribution >= 4 is 39.1 Å². The fourth-order valence-electron chi connectivity index (χ4n) is 6.00. The topological polar surface area (TPSA) is 88.0 Å². The number of aliphatic imine (C=N–C) groups is 1. The number of carbonyl (C=O) groups is 1. The predicted molar refractivity (Wildman–Crippen MR) is 166 cm³/mol. The van der Waals surface area contributed by atoms with Gasteiger partial charge in [0.05, 0.1) is 11.1 Å². The van der Waals surface area contributed by atoms with Gasteiger partial charge >= 0.3 is 0 Å². The molecule has 2 N–H and O–H groups in total. The number of pyridine rings is 1. The Morgan fingerprint density at radius 1 is 1.17 bits per heavy atom. The van der Waals surface area contributed by atoms with E-state index in [9.17, 15) is 9.59 Å². The van der Waals surface area contributed by atoms with Crippen molar-refractivity contribution < 1.29 is 13.9 Å². The third kappa shape index (κ3) is 5.02. The minimum atomic E-state index is -0.648. The normalized spacial score (nSPS) is 16.5. The average molecular weight is 570 g/mol. The quantitative estimate of drug-likeness (QED) is 0.171. The fourth-order valence-corrected chi connectivity index (χ4v) is 6.00. The van der Waals surface area contributed by atoms with Crippen LogP contribution in [0.15, 0.2) is 58.4 Å². The Kier molecular flexibility index (Phi) is 7.68. The molecule has 0 bridgehead atoms. The molecule has 1 fully saturated rings. The van der Waals surface area contributed by atoms with Gasteiger partial charge in [0.2, 0.25) is 5.43 Å². The summed E-state index contributed by atoms with van der Waals surface area (Å²) in [6.45, 7) is 6.09. The molecule has 42 heavy (non-hydrogen) atoms. The minimum absolute atomic E-state index is 0.0342. The van der Waals surface area contributed by atoms with Gasteiger partial charge in [-0.1, -0.05) is 38.1 Å². The predicted octanol–water partition coefficient (Wildman–Crippen LogP) is 6.23. The number of amides is 1. The molecule has 4 aromatic rings. The van der Waals surface area contributed by atoms with Crippen molar-refractivity contribution in [2.75, 3.05) is 32.0 Å². The lowest BCUT2D eigenvalue weighted by Gasteiger charge is -2.27. The van der Waals surface area contributed by atoms with E-state index in [4.69, 9.17) is 4.74 Å². The van der Waals surface area contributed by atoms with Gasteiger partial charge in [0.1, 0.15) is 22.6 Å². The summed E-state index contributed by atoms with van der Waals surface area (Å²) in [6, 6.07) is 13.3. The standard InChI is InChI=1S/C33H36FN5O3/c1-4-13-35-28(5-2)37-29-25(34)18-23-30-32(29)42-27-17-21-10-7-6-9-20(21)16-26(27)39(30)19-24(31(23)40)33(41)36-14-12-22-11-8-15-38(22)3/h6-7,9-10,16-19,22H,4-5,8,11-15H2,1-3H3,(H,35,37)(H,36,41). The van der Waals surface area contributed by atoms with E-state index in [1.807, 2.05) is 50.2 Å². The number of amidine groups is 1. The maximum absolute atomic E-state index is 15.8. The zero-order valence-electron chi connectivity index (χ0n) is 24.3. The molecule has 3 heterocycles. The van der Waals surface area contributed by atoms with E-state index in [1.54, 1.807) is 10.8 Å². The van der Waals surface area contributed by atoms with Crippen molar-refractivity contribution in [1.29, 1.82) is 0 Å². The monoisotopic (exact) mass is 569 g/mol. The Morgan fingerprint density at radius 3 is 2.67 bits per heavy atom. The van der Waals surface area contributed by atoms with Gasteiger partial charge in [-0.3, -0.25) is 14.6 Å². The fraction of sp³-hybridized carbons (Fsp3) is 0.364. The molecule has 6 rings (SSSR count). The first-order chi connectivity index (χ1) is 20.4. The number of aromatic nitrogens is 1. The molecule has 8 nitrogen and oxygen atoms in total. The van der Waals surface area contributed by atoms with E-state index in [-0.39, 0.29) is 22.4 Å². The molecule has 2 aliphatic rings. The Labute approximate surface area is 244 Å². The van der Waals surface area contributed by atoms with Gasteiger partial charge < -0.3 is 24.8 Å². The van der Waals surface area contributed by atoms with Crippen molar-refractivity contribution in [3.8, 4) is 17.2 Å². The van der Waals surface area contributed by atoms with E-state index in [2.05, 4.69) is 27.6 Å². The van der Waals surface area contributed by atoms with E-state index in [0.717, 1.165) is 43.0 Å². The Hall–Kier alpha value is -4.24. The Bertz CT molecular complexity index is 1780. The lowest BCUT2D eigenvalue weighted by atomic mass is 10.0. The third-order valence-electron chi connectivity index (χ3n) is 8.30. The summed E-state index contributed by atoms with van der Waals surface area (Å²) in [5.74, 6) is 0.198. The van der Waals surface area contributed by atoms with E-state index < -0.39 is 17.2 Å². The molecule has 1 amide bonds. The van der Waals surface area contributed by atoms with Crippen molar-refractivity contribution in [1.82, 2.24) is 14.8 Å². The lowest BCUT2D eigenvalue weighted by molar-refractivity contribution is 0.0949. The second kappa shape index (κ2) is 11.6. The zero-order chi connectivity index (χ0) is 29.4. The molecule has 1 unspecified atom stereocenters. The molecule has 1 aromatic heterocycles. The Morgan fingerprint density at radius 2 is 1.95 bits per heavy atom. The average Bonchev–Trinajstić information content (AvgIpc) is 3.40. The summed E-state index contributed by atoms with van der Waals surface area (Å²) in [4.78, 5) is 34.0. The summed E-state index contributed by atoms with van der Waals surface area (Å²) in [7, 11) is 2.09. The number of ether oxygens (including phenoxy) is 1. The molecule has 0 aliphatic carbocycles. The molecule has 0 spiro atoms. The summed E-state index contributed by atoms with van der Waals surface area (Å²) >= 11 is 0. The van der Waals surface area contributed by atoms with Gasteiger partial charge in [-0.15, -0.1) is 0 Å². The highest BCUT2D eigenvalue weighted by Gasteiger charge is 2.29. The van der Waals surface area contributed by atoms with Crippen LogP contribution in [-0.2, 0) is 0 Å². The van der Waals surface area contributed by atoms with Gasteiger partial charge in [-0.25, -0.2) is 4.39 Å². The van der Waals surface area contributed by atoms with Crippen LogP contribution in [-0.4, -0.2) is 53.9 Å². The number of hydrogen-bond donors (Lipinski definition) is 2. The molecular weight excluding hydrogens is 533 g/mol. The number of nitrogens with one attached hydrogen (secondary N) is 2. The van der Waals surface area contributed by atoms with E-state index >= 15 is 4.39 Å². The molecule has 0 radical (unpaired) electrons. The number of fused-ring (bicyclic) bond motifs is 3. The van der Waals surface area contributed by atoms with E-state index in [0.29, 0.717) is 48.3 Å². The van der Waals surface area contributed by atoms with Gasteiger partial charge in [0.25, 0.3) is 5.91 Å².